The molecule has 1 fully saturated rings. The third-order valence-electron chi connectivity index (χ3n) is 3.24. The number of hydrogen-bond acceptors (Lipinski definition) is 3. The molecule has 5 nitrogen and oxygen atoms in total. The van der Waals surface area contributed by atoms with Crippen LogP contribution < -0.4 is 0 Å². The highest BCUT2D eigenvalue weighted by Gasteiger charge is 2.49. The standard InChI is InChI=1S/C10H9N3O2/c11-3-7-10-6-1-5(6)2-8(10)13(12-7)4-9(14)15/h5-6H,1-2,4H2,(H,14,15). The molecule has 1 aromatic heterocycles. The van der Waals surface area contributed by atoms with Crippen molar-refractivity contribution in [3.05, 3.63) is 17.0 Å². The Bertz CT molecular complexity index is 498. The minimum atomic E-state index is -0.912. The first kappa shape index (κ1) is 8.48. The quantitative estimate of drug-likeness (QED) is 0.759. The van der Waals surface area contributed by atoms with Crippen LogP contribution in [0.4, 0.5) is 0 Å². The van der Waals surface area contributed by atoms with Crippen molar-refractivity contribution in [1.82, 2.24) is 9.78 Å². The second-order valence-corrected chi connectivity index (χ2v) is 4.18. The van der Waals surface area contributed by atoms with E-state index in [0.29, 0.717) is 17.5 Å². The molecule has 0 aromatic carbocycles. The Morgan fingerprint density at radius 2 is 2.53 bits per heavy atom. The molecule has 0 saturated heterocycles. The first-order valence-corrected chi connectivity index (χ1v) is 4.92. The van der Waals surface area contributed by atoms with E-state index in [1.54, 1.807) is 0 Å². The van der Waals surface area contributed by atoms with Gasteiger partial charge in [-0.25, -0.2) is 0 Å². The number of rotatable bonds is 2. The minimum absolute atomic E-state index is 0.135. The number of aliphatic carboxylic acids is 1. The molecule has 0 aliphatic heterocycles. The number of aromatic nitrogens is 2. The molecule has 1 saturated carbocycles. The Hall–Kier alpha value is -1.83. The van der Waals surface area contributed by atoms with Gasteiger partial charge in [-0.15, -0.1) is 0 Å². The Kier molecular flexibility index (Phi) is 1.47. The first-order chi connectivity index (χ1) is 7.20. The zero-order valence-corrected chi connectivity index (χ0v) is 7.97. The smallest absolute Gasteiger partial charge is 0.325 e. The average molecular weight is 203 g/mol. The number of nitrogens with zero attached hydrogens (tertiary/aromatic N) is 3. The van der Waals surface area contributed by atoms with E-state index in [1.165, 1.54) is 4.68 Å². The van der Waals surface area contributed by atoms with Crippen LogP contribution in [-0.2, 0) is 17.8 Å². The van der Waals surface area contributed by atoms with Crippen molar-refractivity contribution in [2.75, 3.05) is 0 Å². The summed E-state index contributed by atoms with van der Waals surface area (Å²) < 4.78 is 1.47. The Morgan fingerprint density at radius 3 is 3.20 bits per heavy atom. The van der Waals surface area contributed by atoms with Gasteiger partial charge < -0.3 is 5.11 Å². The summed E-state index contributed by atoms with van der Waals surface area (Å²) in [5.41, 5.74) is 2.41. The molecule has 2 aliphatic rings. The van der Waals surface area contributed by atoms with Crippen molar-refractivity contribution >= 4 is 5.97 Å². The molecule has 1 N–H and O–H groups in total. The van der Waals surface area contributed by atoms with E-state index >= 15 is 0 Å². The van der Waals surface area contributed by atoms with Gasteiger partial charge in [-0.05, 0) is 24.7 Å². The van der Waals surface area contributed by atoms with Gasteiger partial charge in [0.2, 0.25) is 0 Å². The number of carboxylic acid groups (broad SMARTS) is 1. The van der Waals surface area contributed by atoms with Gasteiger partial charge >= 0.3 is 5.97 Å². The van der Waals surface area contributed by atoms with E-state index in [4.69, 9.17) is 10.4 Å². The summed E-state index contributed by atoms with van der Waals surface area (Å²) in [4.78, 5) is 10.6. The zero-order valence-electron chi connectivity index (χ0n) is 7.97. The van der Waals surface area contributed by atoms with Gasteiger partial charge in [0.25, 0.3) is 0 Å². The Labute approximate surface area is 85.9 Å². The minimum Gasteiger partial charge on any atom is -0.480 e. The normalized spacial score (nSPS) is 25.5. The van der Waals surface area contributed by atoms with Crippen LogP contribution in [0.15, 0.2) is 0 Å². The van der Waals surface area contributed by atoms with Crippen LogP contribution in [0.2, 0.25) is 0 Å². The van der Waals surface area contributed by atoms with Crippen LogP contribution in [0.3, 0.4) is 0 Å². The molecule has 2 atom stereocenters. The maximum atomic E-state index is 10.6. The average Bonchev–Trinajstić information content (AvgIpc) is 2.71. The highest BCUT2D eigenvalue weighted by Crippen LogP contribution is 2.57. The molecule has 0 spiro atoms. The Morgan fingerprint density at radius 1 is 1.73 bits per heavy atom. The van der Waals surface area contributed by atoms with Gasteiger partial charge in [-0.1, -0.05) is 0 Å². The van der Waals surface area contributed by atoms with E-state index in [0.717, 1.165) is 24.1 Å². The predicted molar refractivity (Wildman–Crippen MR) is 49.1 cm³/mol. The van der Waals surface area contributed by atoms with Gasteiger partial charge in [0.15, 0.2) is 5.69 Å². The molecule has 0 radical (unpaired) electrons. The van der Waals surface area contributed by atoms with Crippen LogP contribution in [-0.4, -0.2) is 20.9 Å². The number of hydrogen-bond donors (Lipinski definition) is 1. The molecular weight excluding hydrogens is 194 g/mol. The van der Waals surface area contributed by atoms with Crippen molar-refractivity contribution in [2.24, 2.45) is 5.92 Å². The highest BCUT2D eigenvalue weighted by molar-refractivity contribution is 5.66. The van der Waals surface area contributed by atoms with Crippen molar-refractivity contribution in [3.8, 4) is 6.07 Å². The molecule has 1 heterocycles. The first-order valence-electron chi connectivity index (χ1n) is 4.92. The van der Waals surface area contributed by atoms with Gasteiger partial charge in [-0.2, -0.15) is 10.4 Å². The van der Waals surface area contributed by atoms with Crippen LogP contribution in [0, 0.1) is 17.2 Å². The van der Waals surface area contributed by atoms with Gasteiger partial charge in [-0.3, -0.25) is 9.48 Å². The van der Waals surface area contributed by atoms with Gasteiger partial charge in [0.1, 0.15) is 12.6 Å². The Balaban J connectivity index is 2.07. The summed E-state index contributed by atoms with van der Waals surface area (Å²) in [6.07, 6.45) is 2.03. The molecule has 5 heteroatoms. The monoisotopic (exact) mass is 203 g/mol. The number of carboxylic acids is 1. The molecule has 0 bridgehead atoms. The highest BCUT2D eigenvalue weighted by atomic mass is 16.4. The second-order valence-electron chi connectivity index (χ2n) is 4.18. The fourth-order valence-electron chi connectivity index (χ4n) is 2.53. The van der Waals surface area contributed by atoms with Crippen molar-refractivity contribution < 1.29 is 9.90 Å². The van der Waals surface area contributed by atoms with E-state index < -0.39 is 5.97 Å². The summed E-state index contributed by atoms with van der Waals surface area (Å²) in [6, 6.07) is 2.05. The maximum absolute atomic E-state index is 10.6. The molecule has 15 heavy (non-hydrogen) atoms. The van der Waals surface area contributed by atoms with Crippen molar-refractivity contribution in [2.45, 2.75) is 25.3 Å². The lowest BCUT2D eigenvalue weighted by Crippen LogP contribution is -2.13. The summed E-state index contributed by atoms with van der Waals surface area (Å²) >= 11 is 0. The number of fused-ring (bicyclic) bond motifs is 3. The van der Waals surface area contributed by atoms with Crippen molar-refractivity contribution in [1.29, 1.82) is 5.26 Å². The lowest BCUT2D eigenvalue weighted by atomic mass is 10.1. The summed E-state index contributed by atoms with van der Waals surface area (Å²) in [5, 5.41) is 21.7. The summed E-state index contributed by atoms with van der Waals surface area (Å²) in [5.74, 6) is 0.215. The lowest BCUT2D eigenvalue weighted by Gasteiger charge is -2.01. The molecule has 2 aliphatic carbocycles. The lowest BCUT2D eigenvalue weighted by molar-refractivity contribution is -0.137. The van der Waals surface area contributed by atoms with Crippen LogP contribution in [0.25, 0.3) is 0 Å². The zero-order chi connectivity index (χ0) is 10.6. The SMILES string of the molecule is N#Cc1nn(CC(=O)O)c2c1C1CC1C2. The van der Waals surface area contributed by atoms with E-state index in [2.05, 4.69) is 11.2 Å². The van der Waals surface area contributed by atoms with Crippen molar-refractivity contribution in [3.63, 3.8) is 0 Å². The number of carbonyl (C=O) groups is 1. The van der Waals surface area contributed by atoms with E-state index in [9.17, 15) is 4.79 Å². The largest absolute Gasteiger partial charge is 0.480 e. The molecule has 76 valence electrons. The summed E-state index contributed by atoms with van der Waals surface area (Å²) in [6.45, 7) is -0.135. The van der Waals surface area contributed by atoms with E-state index in [-0.39, 0.29) is 6.54 Å². The fourth-order valence-corrected chi connectivity index (χ4v) is 2.53. The van der Waals surface area contributed by atoms with Crippen LogP contribution in [0.5, 0.6) is 0 Å². The molecule has 0 amide bonds. The molecule has 1 aromatic rings. The molecule has 2 unspecified atom stereocenters. The second kappa shape index (κ2) is 2.60. The number of nitriles is 1. The molecular formula is C10H9N3O2. The third kappa shape index (κ3) is 1.08. The van der Waals surface area contributed by atoms with E-state index in [1.807, 2.05) is 0 Å². The maximum Gasteiger partial charge on any atom is 0.325 e. The van der Waals surface area contributed by atoms with Gasteiger partial charge in [0, 0.05) is 11.3 Å². The van der Waals surface area contributed by atoms with Crippen LogP contribution >= 0.6 is 0 Å². The van der Waals surface area contributed by atoms with Crippen LogP contribution in [0.1, 0.15) is 29.3 Å². The topological polar surface area (TPSA) is 78.9 Å². The third-order valence-corrected chi connectivity index (χ3v) is 3.24. The molecule has 3 rings (SSSR count). The predicted octanol–water partition coefficient (Wildman–Crippen LogP) is 0.499. The summed E-state index contributed by atoms with van der Waals surface area (Å²) in [7, 11) is 0. The fraction of sp³-hybridized carbons (Fsp3) is 0.500. The van der Waals surface area contributed by atoms with Gasteiger partial charge in [0.05, 0.1) is 0 Å².